The van der Waals surface area contributed by atoms with E-state index in [2.05, 4.69) is 28.1 Å². The van der Waals surface area contributed by atoms with E-state index in [9.17, 15) is 9.90 Å². The Hall–Kier alpha value is -1.07. The van der Waals surface area contributed by atoms with E-state index in [4.69, 9.17) is 4.74 Å². The van der Waals surface area contributed by atoms with Crippen LogP contribution in [0.2, 0.25) is 0 Å². The average molecular weight is 326 g/mol. The molecule has 5 heteroatoms. The first-order valence-electron chi connectivity index (χ1n) is 6.41. The van der Waals surface area contributed by atoms with Crippen LogP contribution in [0.3, 0.4) is 0 Å². The molecule has 0 aromatic heterocycles. The Morgan fingerprint density at radius 1 is 1.47 bits per heavy atom. The molecular formula is C14H16BrNO3. The van der Waals surface area contributed by atoms with E-state index >= 15 is 0 Å². The monoisotopic (exact) mass is 325 g/mol. The summed E-state index contributed by atoms with van der Waals surface area (Å²) < 4.78 is 6.58. The van der Waals surface area contributed by atoms with Crippen LogP contribution in [0.15, 0.2) is 16.6 Å². The molecule has 1 fully saturated rings. The van der Waals surface area contributed by atoms with Crippen molar-refractivity contribution in [2.45, 2.75) is 31.4 Å². The summed E-state index contributed by atoms with van der Waals surface area (Å²) in [6.45, 7) is 1.33. The van der Waals surface area contributed by atoms with Crippen molar-refractivity contribution in [1.82, 2.24) is 4.90 Å². The van der Waals surface area contributed by atoms with Crippen molar-refractivity contribution < 1.29 is 14.6 Å². The predicted octanol–water partition coefficient (Wildman–Crippen LogP) is 3.12. The molecule has 1 aromatic carbocycles. The SMILES string of the molecule is CN(C(=O)O)C1(c2cc(Br)cc3c2COCC3)CC1. The molecule has 1 aromatic rings. The molecule has 1 aliphatic carbocycles. The topological polar surface area (TPSA) is 49.8 Å². The summed E-state index contributed by atoms with van der Waals surface area (Å²) in [6, 6.07) is 4.18. The van der Waals surface area contributed by atoms with Gasteiger partial charge in [0, 0.05) is 11.5 Å². The normalized spacial score (nSPS) is 19.7. The zero-order valence-electron chi connectivity index (χ0n) is 10.8. The highest BCUT2D eigenvalue weighted by atomic mass is 79.9. The van der Waals surface area contributed by atoms with Gasteiger partial charge in [-0.05, 0) is 48.1 Å². The zero-order chi connectivity index (χ0) is 13.6. The van der Waals surface area contributed by atoms with Gasteiger partial charge in [0.15, 0.2) is 0 Å². The second-order valence-corrected chi connectivity index (χ2v) is 6.18. The smallest absolute Gasteiger partial charge is 0.407 e. The highest BCUT2D eigenvalue weighted by Gasteiger charge is 2.51. The number of carbonyl (C=O) groups is 1. The lowest BCUT2D eigenvalue weighted by atomic mass is 9.91. The first-order chi connectivity index (χ1) is 9.04. The van der Waals surface area contributed by atoms with Crippen LogP contribution in [0.5, 0.6) is 0 Å². The molecule has 1 heterocycles. The Balaban J connectivity index is 2.10. The number of halogens is 1. The molecule has 0 spiro atoms. The molecule has 0 saturated heterocycles. The van der Waals surface area contributed by atoms with Crippen LogP contribution in [-0.4, -0.2) is 29.8 Å². The molecule has 1 aliphatic heterocycles. The van der Waals surface area contributed by atoms with Gasteiger partial charge in [0.2, 0.25) is 0 Å². The summed E-state index contributed by atoms with van der Waals surface area (Å²) in [5, 5.41) is 9.28. The Kier molecular flexibility index (Phi) is 3.06. The van der Waals surface area contributed by atoms with Crippen molar-refractivity contribution in [3.05, 3.63) is 33.3 Å². The molecule has 1 saturated carbocycles. The number of benzene rings is 1. The van der Waals surface area contributed by atoms with Crippen molar-refractivity contribution in [2.24, 2.45) is 0 Å². The molecule has 2 aliphatic rings. The van der Waals surface area contributed by atoms with Crippen LogP contribution >= 0.6 is 15.9 Å². The summed E-state index contributed by atoms with van der Waals surface area (Å²) in [4.78, 5) is 12.7. The first-order valence-corrected chi connectivity index (χ1v) is 7.20. The van der Waals surface area contributed by atoms with Gasteiger partial charge in [0.1, 0.15) is 0 Å². The van der Waals surface area contributed by atoms with Gasteiger partial charge in [-0.25, -0.2) is 4.79 Å². The molecule has 1 amide bonds. The van der Waals surface area contributed by atoms with Crippen molar-refractivity contribution in [1.29, 1.82) is 0 Å². The summed E-state index contributed by atoms with van der Waals surface area (Å²) in [5.41, 5.74) is 3.22. The Labute approximate surface area is 120 Å². The third-order valence-electron chi connectivity index (χ3n) is 4.22. The van der Waals surface area contributed by atoms with Gasteiger partial charge in [0.25, 0.3) is 0 Å². The Bertz CT molecular complexity index is 540. The van der Waals surface area contributed by atoms with E-state index in [0.717, 1.165) is 35.9 Å². The summed E-state index contributed by atoms with van der Waals surface area (Å²) >= 11 is 3.54. The van der Waals surface area contributed by atoms with Crippen molar-refractivity contribution >= 4 is 22.0 Å². The number of rotatable bonds is 2. The Morgan fingerprint density at radius 3 is 2.84 bits per heavy atom. The van der Waals surface area contributed by atoms with Gasteiger partial charge >= 0.3 is 6.09 Å². The molecule has 102 valence electrons. The lowest BCUT2D eigenvalue weighted by Gasteiger charge is -2.30. The maximum Gasteiger partial charge on any atom is 0.407 e. The number of carboxylic acid groups (broad SMARTS) is 1. The van der Waals surface area contributed by atoms with Gasteiger partial charge in [-0.1, -0.05) is 15.9 Å². The Morgan fingerprint density at radius 2 is 2.21 bits per heavy atom. The van der Waals surface area contributed by atoms with E-state index in [0.29, 0.717) is 6.61 Å². The molecule has 0 radical (unpaired) electrons. The number of nitrogens with zero attached hydrogens (tertiary/aromatic N) is 1. The summed E-state index contributed by atoms with van der Waals surface area (Å²) in [7, 11) is 1.66. The number of hydrogen-bond acceptors (Lipinski definition) is 2. The van der Waals surface area contributed by atoms with Gasteiger partial charge in [-0.3, -0.25) is 0 Å². The third-order valence-corrected chi connectivity index (χ3v) is 4.68. The molecule has 4 nitrogen and oxygen atoms in total. The van der Waals surface area contributed by atoms with E-state index in [1.165, 1.54) is 16.0 Å². The number of fused-ring (bicyclic) bond motifs is 1. The average Bonchev–Trinajstić information content (AvgIpc) is 3.18. The predicted molar refractivity (Wildman–Crippen MR) is 74.2 cm³/mol. The highest BCUT2D eigenvalue weighted by Crippen LogP contribution is 2.52. The molecule has 0 atom stereocenters. The second-order valence-electron chi connectivity index (χ2n) is 5.27. The highest BCUT2D eigenvalue weighted by molar-refractivity contribution is 9.10. The molecule has 1 N–H and O–H groups in total. The van der Waals surface area contributed by atoms with Crippen LogP contribution in [0, 0.1) is 0 Å². The van der Waals surface area contributed by atoms with Crippen molar-refractivity contribution in [2.75, 3.05) is 13.7 Å². The maximum absolute atomic E-state index is 11.3. The van der Waals surface area contributed by atoms with Gasteiger partial charge in [-0.2, -0.15) is 0 Å². The molecule has 0 unspecified atom stereocenters. The minimum atomic E-state index is -0.872. The standard InChI is InChI=1S/C14H16BrNO3/c1-16(13(17)18)14(3-4-14)12-7-10(15)6-9-2-5-19-8-11(9)12/h6-7H,2-5,8H2,1H3,(H,17,18). The van der Waals surface area contributed by atoms with E-state index in [1.807, 2.05) is 0 Å². The van der Waals surface area contributed by atoms with E-state index < -0.39 is 6.09 Å². The summed E-state index contributed by atoms with van der Waals surface area (Å²) in [6.07, 6.45) is 1.80. The van der Waals surface area contributed by atoms with Gasteiger partial charge in [-0.15, -0.1) is 0 Å². The fraction of sp³-hybridized carbons (Fsp3) is 0.500. The maximum atomic E-state index is 11.3. The molecule has 0 bridgehead atoms. The van der Waals surface area contributed by atoms with E-state index in [-0.39, 0.29) is 5.54 Å². The van der Waals surface area contributed by atoms with Crippen LogP contribution in [0.1, 0.15) is 29.5 Å². The van der Waals surface area contributed by atoms with Crippen LogP contribution in [0.4, 0.5) is 4.79 Å². The molecular weight excluding hydrogens is 310 g/mol. The van der Waals surface area contributed by atoms with Crippen LogP contribution in [0.25, 0.3) is 0 Å². The molecule has 19 heavy (non-hydrogen) atoms. The number of hydrogen-bond donors (Lipinski definition) is 1. The van der Waals surface area contributed by atoms with Crippen LogP contribution < -0.4 is 0 Å². The second kappa shape index (κ2) is 4.49. The molecule has 3 rings (SSSR count). The van der Waals surface area contributed by atoms with Crippen molar-refractivity contribution in [3.63, 3.8) is 0 Å². The minimum absolute atomic E-state index is 0.347. The summed E-state index contributed by atoms with van der Waals surface area (Å²) in [5.74, 6) is 0. The number of ether oxygens (including phenoxy) is 1. The fourth-order valence-electron chi connectivity index (χ4n) is 2.95. The van der Waals surface area contributed by atoms with Gasteiger partial charge in [0.05, 0.1) is 18.8 Å². The largest absolute Gasteiger partial charge is 0.465 e. The van der Waals surface area contributed by atoms with Gasteiger partial charge < -0.3 is 14.7 Å². The fourth-order valence-corrected chi connectivity index (χ4v) is 3.45. The van der Waals surface area contributed by atoms with Crippen molar-refractivity contribution in [3.8, 4) is 0 Å². The quantitative estimate of drug-likeness (QED) is 0.908. The lowest BCUT2D eigenvalue weighted by Crippen LogP contribution is -2.37. The minimum Gasteiger partial charge on any atom is -0.465 e. The zero-order valence-corrected chi connectivity index (χ0v) is 12.4. The van der Waals surface area contributed by atoms with Crippen LogP contribution in [-0.2, 0) is 23.3 Å². The third kappa shape index (κ3) is 2.05. The number of amides is 1. The first kappa shape index (κ1) is 12.9. The lowest BCUT2D eigenvalue weighted by molar-refractivity contribution is 0.105. The van der Waals surface area contributed by atoms with E-state index in [1.54, 1.807) is 7.05 Å².